The first kappa shape index (κ1) is 19.9. The molecule has 146 valence electrons. The van der Waals surface area contributed by atoms with Crippen LogP contribution in [0.25, 0.3) is 0 Å². The lowest BCUT2D eigenvalue weighted by molar-refractivity contribution is 0.0309. The molecule has 1 aromatic rings. The Morgan fingerprint density at radius 3 is 2.81 bits per heavy atom. The normalized spacial score (nSPS) is 23.5. The molecule has 2 heterocycles. The highest BCUT2D eigenvalue weighted by Gasteiger charge is 2.35. The van der Waals surface area contributed by atoms with Crippen molar-refractivity contribution in [1.82, 2.24) is 9.21 Å². The van der Waals surface area contributed by atoms with Crippen LogP contribution < -0.4 is 4.74 Å². The first-order chi connectivity index (χ1) is 12.5. The van der Waals surface area contributed by atoms with E-state index >= 15 is 0 Å². The molecule has 2 aliphatic heterocycles. The zero-order chi connectivity index (χ0) is 18.6. The third-order valence-corrected chi connectivity index (χ3v) is 7.84. The number of methoxy groups -OCH3 is 1. The first-order valence-electron chi connectivity index (χ1n) is 8.75. The van der Waals surface area contributed by atoms with Crippen molar-refractivity contribution in [2.75, 3.05) is 58.0 Å². The van der Waals surface area contributed by atoms with E-state index in [1.54, 1.807) is 16.1 Å². The molecule has 1 unspecified atom stereocenters. The number of sulfonamides is 1. The maximum absolute atomic E-state index is 13.8. The summed E-state index contributed by atoms with van der Waals surface area (Å²) in [6.45, 7) is 4.04. The fourth-order valence-electron chi connectivity index (χ4n) is 3.33. The average molecular weight is 405 g/mol. The molecule has 26 heavy (non-hydrogen) atoms. The van der Waals surface area contributed by atoms with Crippen LogP contribution in [-0.2, 0) is 14.8 Å². The topological polar surface area (TPSA) is 59.1 Å². The summed E-state index contributed by atoms with van der Waals surface area (Å²) in [6, 6.07) is 3.48. The Labute approximate surface area is 158 Å². The molecule has 0 aliphatic carbocycles. The van der Waals surface area contributed by atoms with Gasteiger partial charge in [-0.15, -0.1) is 0 Å². The lowest BCUT2D eigenvalue weighted by Gasteiger charge is -2.35. The molecule has 6 nitrogen and oxygen atoms in total. The molecule has 2 aliphatic rings. The summed E-state index contributed by atoms with van der Waals surface area (Å²) in [7, 11) is -2.45. The smallest absolute Gasteiger partial charge is 0.247 e. The molecule has 1 aromatic carbocycles. The van der Waals surface area contributed by atoms with E-state index in [1.807, 2.05) is 0 Å². The Balaban J connectivity index is 1.90. The molecule has 0 aromatic heterocycles. The number of hydrogen-bond donors (Lipinski definition) is 0. The summed E-state index contributed by atoms with van der Waals surface area (Å²) in [5.41, 5.74) is 0. The molecule has 0 amide bonds. The van der Waals surface area contributed by atoms with Gasteiger partial charge in [-0.05, 0) is 30.4 Å². The largest absolute Gasteiger partial charge is 0.495 e. The van der Waals surface area contributed by atoms with Gasteiger partial charge >= 0.3 is 0 Å². The van der Waals surface area contributed by atoms with Gasteiger partial charge in [0, 0.05) is 38.0 Å². The maximum atomic E-state index is 13.8. The summed E-state index contributed by atoms with van der Waals surface area (Å²) in [5, 5.41) is 0. The fraction of sp³-hybridized carbons (Fsp3) is 0.647. The zero-order valence-electron chi connectivity index (χ0n) is 14.9. The molecular formula is C17H25FN2O4S2. The van der Waals surface area contributed by atoms with E-state index in [0.29, 0.717) is 26.3 Å². The highest BCUT2D eigenvalue weighted by atomic mass is 32.2. The Bertz CT molecular complexity index is 711. The van der Waals surface area contributed by atoms with Crippen LogP contribution in [0.2, 0.25) is 0 Å². The molecule has 3 rings (SSSR count). The van der Waals surface area contributed by atoms with E-state index in [1.165, 1.54) is 19.2 Å². The molecule has 0 radical (unpaired) electrons. The van der Waals surface area contributed by atoms with E-state index in [-0.39, 0.29) is 16.7 Å². The second-order valence-corrected chi connectivity index (χ2v) is 9.42. The molecule has 2 saturated heterocycles. The number of halogens is 1. The van der Waals surface area contributed by atoms with Crippen LogP contribution in [0.4, 0.5) is 4.39 Å². The second-order valence-electron chi connectivity index (χ2n) is 6.41. The minimum absolute atomic E-state index is 0.0983. The van der Waals surface area contributed by atoms with Crippen LogP contribution in [0, 0.1) is 5.82 Å². The average Bonchev–Trinajstić information content (AvgIpc) is 2.88. The van der Waals surface area contributed by atoms with Crippen molar-refractivity contribution >= 4 is 21.8 Å². The number of hydrogen-bond acceptors (Lipinski definition) is 6. The van der Waals surface area contributed by atoms with Crippen LogP contribution in [0.1, 0.15) is 6.42 Å². The molecule has 9 heteroatoms. The van der Waals surface area contributed by atoms with Crippen molar-refractivity contribution in [2.24, 2.45) is 0 Å². The number of benzene rings is 1. The van der Waals surface area contributed by atoms with Crippen LogP contribution in [0.5, 0.6) is 5.75 Å². The third kappa shape index (κ3) is 4.51. The van der Waals surface area contributed by atoms with Crippen molar-refractivity contribution in [3.63, 3.8) is 0 Å². The van der Waals surface area contributed by atoms with Gasteiger partial charge in [-0.2, -0.15) is 16.1 Å². The monoisotopic (exact) mass is 404 g/mol. The third-order valence-electron chi connectivity index (χ3n) is 4.67. The molecule has 0 bridgehead atoms. The van der Waals surface area contributed by atoms with Crippen molar-refractivity contribution in [3.8, 4) is 5.75 Å². The van der Waals surface area contributed by atoms with Gasteiger partial charge in [0.2, 0.25) is 10.0 Å². The fourth-order valence-corrected chi connectivity index (χ4v) is 6.30. The second kappa shape index (κ2) is 8.88. The van der Waals surface area contributed by atoms with E-state index in [9.17, 15) is 12.8 Å². The van der Waals surface area contributed by atoms with Gasteiger partial charge < -0.3 is 9.47 Å². The molecule has 0 saturated carbocycles. The van der Waals surface area contributed by atoms with Crippen LogP contribution in [0.3, 0.4) is 0 Å². The van der Waals surface area contributed by atoms with Gasteiger partial charge in [-0.3, -0.25) is 4.90 Å². The summed E-state index contributed by atoms with van der Waals surface area (Å²) < 4.78 is 52.6. The van der Waals surface area contributed by atoms with Crippen LogP contribution in [-0.4, -0.2) is 81.7 Å². The highest BCUT2D eigenvalue weighted by Crippen LogP contribution is 2.31. The first-order valence-corrected chi connectivity index (χ1v) is 11.3. The summed E-state index contributed by atoms with van der Waals surface area (Å²) >= 11 is 1.77. The SMILES string of the molecule is COc1ccc(F)cc1S(=O)(=O)N1CCCSCC1CN1CCOCC1. The van der Waals surface area contributed by atoms with E-state index < -0.39 is 15.8 Å². The van der Waals surface area contributed by atoms with Crippen molar-refractivity contribution < 1.29 is 22.3 Å². The Kier molecular flexibility index (Phi) is 6.79. The van der Waals surface area contributed by atoms with E-state index in [2.05, 4.69) is 4.90 Å². The van der Waals surface area contributed by atoms with E-state index in [0.717, 1.165) is 37.1 Å². The minimum Gasteiger partial charge on any atom is -0.495 e. The molecular weight excluding hydrogens is 379 g/mol. The number of rotatable bonds is 5. The zero-order valence-corrected chi connectivity index (χ0v) is 16.5. The predicted octanol–water partition coefficient (Wildman–Crippen LogP) is 1.66. The molecule has 2 fully saturated rings. The number of nitrogens with zero attached hydrogens (tertiary/aromatic N) is 2. The van der Waals surface area contributed by atoms with Crippen LogP contribution in [0.15, 0.2) is 23.1 Å². The van der Waals surface area contributed by atoms with Crippen LogP contribution >= 0.6 is 11.8 Å². The standard InChI is InChI=1S/C17H25FN2O4S2/c1-23-16-4-3-14(18)11-17(16)26(21,22)20-5-2-10-25-13-15(20)12-19-6-8-24-9-7-19/h3-4,11,15H,2,5-10,12-13H2,1H3. The Morgan fingerprint density at radius 1 is 1.31 bits per heavy atom. The van der Waals surface area contributed by atoms with Gasteiger partial charge in [-0.1, -0.05) is 0 Å². The van der Waals surface area contributed by atoms with Gasteiger partial charge in [0.15, 0.2) is 0 Å². The van der Waals surface area contributed by atoms with Crippen molar-refractivity contribution in [1.29, 1.82) is 0 Å². The quantitative estimate of drug-likeness (QED) is 0.744. The van der Waals surface area contributed by atoms with Gasteiger partial charge in [0.25, 0.3) is 0 Å². The Hall–Kier alpha value is -0.870. The van der Waals surface area contributed by atoms with Gasteiger partial charge in [0.05, 0.1) is 20.3 Å². The number of morpholine rings is 1. The molecule has 0 N–H and O–H groups in total. The number of ether oxygens (including phenoxy) is 2. The lowest BCUT2D eigenvalue weighted by atomic mass is 10.2. The summed E-state index contributed by atoms with van der Waals surface area (Å²) in [5.74, 6) is 1.24. The molecule has 1 atom stereocenters. The van der Waals surface area contributed by atoms with Crippen molar-refractivity contribution in [3.05, 3.63) is 24.0 Å². The Morgan fingerprint density at radius 2 is 2.08 bits per heavy atom. The molecule has 0 spiro atoms. The minimum atomic E-state index is -3.85. The van der Waals surface area contributed by atoms with Gasteiger partial charge in [-0.25, -0.2) is 12.8 Å². The number of thioether (sulfide) groups is 1. The van der Waals surface area contributed by atoms with E-state index in [4.69, 9.17) is 9.47 Å². The summed E-state index contributed by atoms with van der Waals surface area (Å²) in [4.78, 5) is 2.14. The predicted molar refractivity (Wildman–Crippen MR) is 99.8 cm³/mol. The van der Waals surface area contributed by atoms with Gasteiger partial charge in [0.1, 0.15) is 16.5 Å². The summed E-state index contributed by atoms with van der Waals surface area (Å²) in [6.07, 6.45) is 0.779. The maximum Gasteiger partial charge on any atom is 0.247 e. The highest BCUT2D eigenvalue weighted by molar-refractivity contribution is 7.99. The van der Waals surface area contributed by atoms with Crippen molar-refractivity contribution in [2.45, 2.75) is 17.4 Å². The lowest BCUT2D eigenvalue weighted by Crippen LogP contribution is -2.50.